The van der Waals surface area contributed by atoms with Crippen molar-refractivity contribution in [2.75, 3.05) is 0 Å². The molecule has 22 heavy (non-hydrogen) atoms. The lowest BCUT2D eigenvalue weighted by molar-refractivity contribution is 0.0992. The molecule has 0 aliphatic rings. The normalized spacial score (nSPS) is 10.3. The van der Waals surface area contributed by atoms with Crippen LogP contribution in [0.15, 0.2) is 36.4 Å². The van der Waals surface area contributed by atoms with E-state index in [1.165, 1.54) is 0 Å². The molecule has 0 unspecified atom stereocenters. The molecule has 2 aromatic rings. The Bertz CT molecular complexity index is 735. The molecule has 0 fully saturated rings. The molecule has 0 heterocycles. The maximum atomic E-state index is 12.5. The first-order valence-corrected chi connectivity index (χ1v) is 7.04. The van der Waals surface area contributed by atoms with E-state index in [4.69, 9.17) is 10.5 Å². The van der Waals surface area contributed by atoms with Crippen LogP contribution in [0, 0.1) is 20.8 Å². The van der Waals surface area contributed by atoms with Gasteiger partial charge in [-0.15, -0.1) is 0 Å². The number of nitrogens with two attached hydrogens (primary N) is 1. The van der Waals surface area contributed by atoms with Gasteiger partial charge in [0.1, 0.15) is 5.75 Å². The van der Waals surface area contributed by atoms with Gasteiger partial charge in [0.2, 0.25) is 0 Å². The summed E-state index contributed by atoms with van der Waals surface area (Å²) in [6, 6.07) is 11.2. The molecule has 0 spiro atoms. The predicted molar refractivity (Wildman–Crippen MR) is 85.3 cm³/mol. The third-order valence-electron chi connectivity index (χ3n) is 3.65. The second-order valence-electron chi connectivity index (χ2n) is 5.38. The number of carbonyl (C=O) groups is 2. The zero-order chi connectivity index (χ0) is 16.3. The van der Waals surface area contributed by atoms with E-state index in [9.17, 15) is 9.59 Å². The Kier molecular flexibility index (Phi) is 4.61. The molecular weight excluding hydrogens is 278 g/mol. The van der Waals surface area contributed by atoms with E-state index >= 15 is 0 Å². The first kappa shape index (κ1) is 15.8. The van der Waals surface area contributed by atoms with Crippen LogP contribution >= 0.6 is 0 Å². The highest BCUT2D eigenvalue weighted by atomic mass is 16.5. The number of benzene rings is 2. The molecule has 0 aliphatic carbocycles. The van der Waals surface area contributed by atoms with Gasteiger partial charge in [-0.25, -0.2) is 4.79 Å². The van der Waals surface area contributed by atoms with Crippen molar-refractivity contribution in [3.8, 4) is 5.75 Å². The quantitative estimate of drug-likeness (QED) is 0.878. The van der Waals surface area contributed by atoms with Gasteiger partial charge in [-0.1, -0.05) is 24.3 Å². The van der Waals surface area contributed by atoms with Gasteiger partial charge in [0.25, 0.3) is 0 Å². The van der Waals surface area contributed by atoms with Gasteiger partial charge in [-0.2, -0.15) is 0 Å². The topological polar surface area (TPSA) is 69.4 Å². The van der Waals surface area contributed by atoms with Crippen LogP contribution in [0.1, 0.15) is 32.6 Å². The molecule has 0 atom stereocenters. The Morgan fingerprint density at radius 3 is 2.32 bits per heavy atom. The summed E-state index contributed by atoms with van der Waals surface area (Å²) in [4.78, 5) is 23.4. The smallest absolute Gasteiger partial charge is 0.409 e. The van der Waals surface area contributed by atoms with Crippen LogP contribution < -0.4 is 10.5 Å². The van der Waals surface area contributed by atoms with E-state index in [0.717, 1.165) is 16.7 Å². The van der Waals surface area contributed by atoms with Crippen molar-refractivity contribution in [3.05, 3.63) is 64.2 Å². The molecule has 2 aromatic carbocycles. The molecule has 2 rings (SSSR count). The van der Waals surface area contributed by atoms with Crippen LogP contribution in [-0.2, 0) is 6.42 Å². The lowest BCUT2D eigenvalue weighted by atomic mass is 9.95. The summed E-state index contributed by atoms with van der Waals surface area (Å²) in [5.41, 5.74) is 9.25. The van der Waals surface area contributed by atoms with Gasteiger partial charge < -0.3 is 10.5 Å². The van der Waals surface area contributed by atoms with Crippen molar-refractivity contribution in [1.82, 2.24) is 0 Å². The summed E-state index contributed by atoms with van der Waals surface area (Å²) in [6.07, 6.45) is -0.510. The third-order valence-corrected chi connectivity index (χ3v) is 3.65. The zero-order valence-corrected chi connectivity index (χ0v) is 13.0. The molecule has 0 saturated carbocycles. The Hall–Kier alpha value is -2.62. The number of ketones is 1. The van der Waals surface area contributed by atoms with E-state index in [1.807, 2.05) is 38.1 Å². The summed E-state index contributed by atoms with van der Waals surface area (Å²) >= 11 is 0. The van der Waals surface area contributed by atoms with Gasteiger partial charge in [-0.3, -0.25) is 4.79 Å². The molecule has 2 N–H and O–H groups in total. The number of primary amides is 1. The lowest BCUT2D eigenvalue weighted by Crippen LogP contribution is -2.17. The molecule has 4 nitrogen and oxygen atoms in total. The minimum atomic E-state index is -0.860. The van der Waals surface area contributed by atoms with Crippen molar-refractivity contribution >= 4 is 11.9 Å². The molecule has 1 amide bonds. The number of hydrogen-bond acceptors (Lipinski definition) is 3. The number of rotatable bonds is 4. The Labute approximate surface area is 129 Å². The summed E-state index contributed by atoms with van der Waals surface area (Å²) < 4.78 is 4.93. The number of amides is 1. The molecular formula is C18H19NO3. The molecule has 0 aliphatic heterocycles. The van der Waals surface area contributed by atoms with Gasteiger partial charge in [0.15, 0.2) is 5.78 Å². The van der Waals surface area contributed by atoms with Gasteiger partial charge >= 0.3 is 6.09 Å². The summed E-state index contributed by atoms with van der Waals surface area (Å²) in [7, 11) is 0. The minimum absolute atomic E-state index is 0.0422. The van der Waals surface area contributed by atoms with Crippen molar-refractivity contribution in [2.45, 2.75) is 27.2 Å². The molecule has 4 heteroatoms. The fraction of sp³-hybridized carbons (Fsp3) is 0.222. The maximum absolute atomic E-state index is 12.5. The average Bonchev–Trinajstić information content (AvgIpc) is 2.44. The Balaban J connectivity index is 2.29. The van der Waals surface area contributed by atoms with E-state index < -0.39 is 6.09 Å². The van der Waals surface area contributed by atoms with Crippen molar-refractivity contribution in [1.29, 1.82) is 0 Å². The standard InChI is InChI=1S/C18H19NO3/c1-11-6-4-5-7-14(11)10-16(20)15-8-13(3)17(9-12(15)2)22-18(19)21/h4-9H,10H2,1-3H3,(H2,19,21). The zero-order valence-electron chi connectivity index (χ0n) is 13.0. The summed E-state index contributed by atoms with van der Waals surface area (Å²) in [6.45, 7) is 5.59. The van der Waals surface area contributed by atoms with Crippen LogP contribution in [0.3, 0.4) is 0 Å². The summed E-state index contributed by atoms with van der Waals surface area (Å²) in [5.74, 6) is 0.429. The maximum Gasteiger partial charge on any atom is 0.409 e. The van der Waals surface area contributed by atoms with Crippen molar-refractivity contribution in [2.24, 2.45) is 5.73 Å². The number of ether oxygens (including phenoxy) is 1. The average molecular weight is 297 g/mol. The molecule has 0 radical (unpaired) electrons. The molecule has 0 bridgehead atoms. The second-order valence-corrected chi connectivity index (χ2v) is 5.38. The van der Waals surface area contributed by atoms with E-state index in [0.29, 0.717) is 23.3 Å². The molecule has 0 saturated heterocycles. The Morgan fingerprint density at radius 2 is 1.68 bits per heavy atom. The van der Waals surface area contributed by atoms with Crippen LogP contribution in [0.25, 0.3) is 0 Å². The number of Topliss-reactive ketones (excluding diaryl/α,β-unsaturated/α-hetero) is 1. The first-order chi connectivity index (χ1) is 10.4. The van der Waals surface area contributed by atoms with Crippen LogP contribution in [0.4, 0.5) is 4.79 Å². The predicted octanol–water partition coefficient (Wildman–Crippen LogP) is 3.49. The lowest BCUT2D eigenvalue weighted by Gasteiger charge is -2.11. The van der Waals surface area contributed by atoms with E-state index in [-0.39, 0.29) is 5.78 Å². The van der Waals surface area contributed by atoms with Gasteiger partial charge in [-0.05, 0) is 55.2 Å². The van der Waals surface area contributed by atoms with E-state index in [2.05, 4.69) is 0 Å². The Morgan fingerprint density at radius 1 is 1.00 bits per heavy atom. The van der Waals surface area contributed by atoms with Crippen LogP contribution in [0.2, 0.25) is 0 Å². The first-order valence-electron chi connectivity index (χ1n) is 7.04. The second kappa shape index (κ2) is 6.43. The van der Waals surface area contributed by atoms with Crippen LogP contribution in [0.5, 0.6) is 5.75 Å². The van der Waals surface area contributed by atoms with Crippen LogP contribution in [-0.4, -0.2) is 11.9 Å². The monoisotopic (exact) mass is 297 g/mol. The highest BCUT2D eigenvalue weighted by Crippen LogP contribution is 2.24. The van der Waals surface area contributed by atoms with Gasteiger partial charge in [0, 0.05) is 12.0 Å². The van der Waals surface area contributed by atoms with Gasteiger partial charge in [0.05, 0.1) is 0 Å². The number of hydrogen-bond donors (Lipinski definition) is 1. The summed E-state index contributed by atoms with van der Waals surface area (Å²) in [5, 5.41) is 0. The van der Waals surface area contributed by atoms with Crippen molar-refractivity contribution < 1.29 is 14.3 Å². The highest BCUT2D eigenvalue weighted by molar-refractivity contribution is 5.99. The fourth-order valence-electron chi connectivity index (χ4n) is 2.39. The van der Waals surface area contributed by atoms with Crippen molar-refractivity contribution in [3.63, 3.8) is 0 Å². The fourth-order valence-corrected chi connectivity index (χ4v) is 2.39. The largest absolute Gasteiger partial charge is 0.410 e. The highest BCUT2D eigenvalue weighted by Gasteiger charge is 2.14. The minimum Gasteiger partial charge on any atom is -0.410 e. The SMILES string of the molecule is Cc1ccccc1CC(=O)c1cc(C)c(OC(N)=O)cc1C. The third kappa shape index (κ3) is 3.52. The number of carbonyl (C=O) groups excluding carboxylic acids is 2. The molecule has 114 valence electrons. The van der Waals surface area contributed by atoms with E-state index in [1.54, 1.807) is 19.1 Å². The molecule has 0 aromatic heterocycles. The number of aryl methyl sites for hydroxylation is 3.